The quantitative estimate of drug-likeness (QED) is 0.868. The number of rotatable bonds is 3. The molecule has 4 nitrogen and oxygen atoms in total. The highest BCUT2D eigenvalue weighted by Crippen LogP contribution is 2.41. The van der Waals surface area contributed by atoms with E-state index in [1.807, 2.05) is 16.8 Å². The zero-order valence-corrected chi connectivity index (χ0v) is 12.0. The Balaban J connectivity index is 2.01. The molecule has 0 spiro atoms. The molecule has 1 atom stereocenters. The van der Waals surface area contributed by atoms with Crippen LogP contribution in [-0.4, -0.2) is 20.0 Å². The summed E-state index contributed by atoms with van der Waals surface area (Å²) in [7, 11) is 3.11. The van der Waals surface area contributed by atoms with Gasteiger partial charge in [0, 0.05) is 11.6 Å². The number of ether oxygens (including phenoxy) is 3. The maximum atomic E-state index is 12.3. The highest BCUT2D eigenvalue weighted by atomic mass is 32.1. The minimum Gasteiger partial charge on any atom is -0.493 e. The first-order valence-corrected chi connectivity index (χ1v) is 7.15. The van der Waals surface area contributed by atoms with Crippen molar-refractivity contribution in [2.45, 2.75) is 12.5 Å². The minimum atomic E-state index is -0.223. The zero-order chi connectivity index (χ0) is 14.1. The molecular weight excluding hydrogens is 276 g/mol. The summed E-state index contributed by atoms with van der Waals surface area (Å²) in [4.78, 5) is 12.3. The van der Waals surface area contributed by atoms with E-state index in [-0.39, 0.29) is 11.9 Å². The Bertz CT molecular complexity index is 634. The van der Waals surface area contributed by atoms with Crippen molar-refractivity contribution in [1.29, 1.82) is 0 Å². The molecule has 0 bridgehead atoms. The van der Waals surface area contributed by atoms with E-state index in [1.54, 1.807) is 37.7 Å². The van der Waals surface area contributed by atoms with Gasteiger partial charge in [0.05, 0.1) is 26.2 Å². The number of Topliss-reactive ketones (excluding diaryl/α,β-unsaturated/α-hetero) is 1. The lowest BCUT2D eigenvalue weighted by atomic mass is 9.97. The third-order valence-electron chi connectivity index (χ3n) is 3.34. The van der Waals surface area contributed by atoms with Crippen LogP contribution in [-0.2, 0) is 0 Å². The van der Waals surface area contributed by atoms with Crippen molar-refractivity contribution in [1.82, 2.24) is 0 Å². The summed E-state index contributed by atoms with van der Waals surface area (Å²) >= 11 is 1.59. The highest BCUT2D eigenvalue weighted by molar-refractivity contribution is 7.07. The zero-order valence-electron chi connectivity index (χ0n) is 11.2. The lowest BCUT2D eigenvalue weighted by Gasteiger charge is -2.25. The predicted octanol–water partition coefficient (Wildman–Crippen LogP) is 3.47. The van der Waals surface area contributed by atoms with Crippen LogP contribution in [0.3, 0.4) is 0 Å². The molecule has 1 aliphatic rings. The van der Waals surface area contributed by atoms with Gasteiger partial charge < -0.3 is 14.2 Å². The second kappa shape index (κ2) is 5.17. The Morgan fingerprint density at radius 2 is 2.00 bits per heavy atom. The first-order valence-electron chi connectivity index (χ1n) is 6.21. The minimum absolute atomic E-state index is 0.0587. The number of methoxy groups -OCH3 is 2. The Morgan fingerprint density at radius 3 is 2.65 bits per heavy atom. The third kappa shape index (κ3) is 2.14. The van der Waals surface area contributed by atoms with Gasteiger partial charge in [-0.1, -0.05) is 0 Å². The van der Waals surface area contributed by atoms with Gasteiger partial charge in [-0.2, -0.15) is 11.3 Å². The summed E-state index contributed by atoms with van der Waals surface area (Å²) in [5.41, 5.74) is 1.58. The molecule has 2 aromatic rings. The number of carbonyl (C=O) groups excluding carboxylic acids is 1. The van der Waals surface area contributed by atoms with Crippen LogP contribution in [0.4, 0.5) is 0 Å². The summed E-state index contributed by atoms with van der Waals surface area (Å²) in [6.45, 7) is 0. The molecule has 2 heterocycles. The van der Waals surface area contributed by atoms with Crippen LogP contribution < -0.4 is 14.2 Å². The molecule has 5 heteroatoms. The van der Waals surface area contributed by atoms with E-state index >= 15 is 0 Å². The Labute approximate surface area is 120 Å². The van der Waals surface area contributed by atoms with Crippen LogP contribution in [0.15, 0.2) is 29.0 Å². The van der Waals surface area contributed by atoms with Crippen molar-refractivity contribution in [2.75, 3.05) is 14.2 Å². The van der Waals surface area contributed by atoms with Crippen LogP contribution >= 0.6 is 11.3 Å². The van der Waals surface area contributed by atoms with E-state index in [9.17, 15) is 4.79 Å². The Hall–Kier alpha value is -2.01. The fraction of sp³-hybridized carbons (Fsp3) is 0.267. The fourth-order valence-corrected chi connectivity index (χ4v) is 2.99. The summed E-state index contributed by atoms with van der Waals surface area (Å²) in [6, 6.07) is 5.37. The van der Waals surface area contributed by atoms with Crippen molar-refractivity contribution in [3.8, 4) is 17.2 Å². The van der Waals surface area contributed by atoms with Crippen LogP contribution in [0.1, 0.15) is 28.4 Å². The van der Waals surface area contributed by atoms with Gasteiger partial charge in [0.15, 0.2) is 17.3 Å². The van der Waals surface area contributed by atoms with Crippen LogP contribution in [0.25, 0.3) is 0 Å². The van der Waals surface area contributed by atoms with Crippen molar-refractivity contribution in [2.24, 2.45) is 0 Å². The SMILES string of the molecule is COc1cc2c(cc1OC)C(=O)CC(c1ccsc1)O2. The number of hydrogen-bond donors (Lipinski definition) is 0. The molecule has 0 aliphatic carbocycles. The second-order valence-electron chi connectivity index (χ2n) is 4.49. The Kier molecular flexibility index (Phi) is 3.36. The van der Waals surface area contributed by atoms with Gasteiger partial charge in [0.2, 0.25) is 0 Å². The smallest absolute Gasteiger partial charge is 0.170 e. The lowest BCUT2D eigenvalue weighted by molar-refractivity contribution is 0.0849. The molecule has 1 aromatic heterocycles. The lowest BCUT2D eigenvalue weighted by Crippen LogP contribution is -2.20. The molecule has 0 amide bonds. The maximum absolute atomic E-state index is 12.3. The summed E-state index contributed by atoms with van der Waals surface area (Å²) in [5.74, 6) is 1.71. The number of fused-ring (bicyclic) bond motifs is 1. The average Bonchev–Trinajstić information content (AvgIpc) is 3.00. The van der Waals surface area contributed by atoms with Gasteiger partial charge in [-0.25, -0.2) is 0 Å². The molecule has 1 aromatic carbocycles. The number of carbonyl (C=O) groups is 1. The Morgan fingerprint density at radius 1 is 1.25 bits per heavy atom. The van der Waals surface area contributed by atoms with Gasteiger partial charge in [0.25, 0.3) is 0 Å². The van der Waals surface area contributed by atoms with Gasteiger partial charge in [-0.15, -0.1) is 0 Å². The molecule has 104 valence electrons. The first-order chi connectivity index (χ1) is 9.72. The van der Waals surface area contributed by atoms with E-state index in [4.69, 9.17) is 14.2 Å². The van der Waals surface area contributed by atoms with Gasteiger partial charge in [0.1, 0.15) is 11.9 Å². The molecule has 0 fully saturated rings. The van der Waals surface area contributed by atoms with E-state index in [1.165, 1.54) is 0 Å². The van der Waals surface area contributed by atoms with Gasteiger partial charge in [-0.3, -0.25) is 4.79 Å². The molecule has 0 saturated carbocycles. The monoisotopic (exact) mass is 290 g/mol. The first kappa shape index (κ1) is 13.0. The molecule has 0 radical (unpaired) electrons. The normalized spacial score (nSPS) is 17.3. The molecular formula is C15H14O4S. The highest BCUT2D eigenvalue weighted by Gasteiger charge is 2.29. The molecule has 0 saturated heterocycles. The predicted molar refractivity (Wildman–Crippen MR) is 76.2 cm³/mol. The van der Waals surface area contributed by atoms with Gasteiger partial charge in [-0.05, 0) is 22.9 Å². The maximum Gasteiger partial charge on any atom is 0.170 e. The largest absolute Gasteiger partial charge is 0.493 e. The number of thiophene rings is 1. The number of benzene rings is 1. The fourth-order valence-electron chi connectivity index (χ4n) is 2.29. The standard InChI is InChI=1S/C15H14O4S/c1-17-14-5-10-11(16)6-12(9-3-4-20-8-9)19-13(10)7-15(14)18-2/h3-5,7-8,12H,6H2,1-2H3. The molecule has 3 rings (SSSR count). The molecule has 1 unspecified atom stereocenters. The third-order valence-corrected chi connectivity index (χ3v) is 4.04. The van der Waals surface area contributed by atoms with Crippen LogP contribution in [0.5, 0.6) is 17.2 Å². The number of hydrogen-bond acceptors (Lipinski definition) is 5. The van der Waals surface area contributed by atoms with E-state index in [0.717, 1.165) is 5.56 Å². The molecule has 1 aliphatic heterocycles. The molecule has 20 heavy (non-hydrogen) atoms. The summed E-state index contributed by atoms with van der Waals surface area (Å²) in [6.07, 6.45) is 0.124. The van der Waals surface area contributed by atoms with Crippen molar-refractivity contribution >= 4 is 17.1 Å². The number of ketones is 1. The average molecular weight is 290 g/mol. The van der Waals surface area contributed by atoms with Crippen molar-refractivity contribution in [3.63, 3.8) is 0 Å². The van der Waals surface area contributed by atoms with E-state index in [0.29, 0.717) is 29.2 Å². The molecule has 0 N–H and O–H groups in total. The van der Waals surface area contributed by atoms with Crippen molar-refractivity contribution < 1.29 is 19.0 Å². The van der Waals surface area contributed by atoms with Crippen molar-refractivity contribution in [3.05, 3.63) is 40.1 Å². The van der Waals surface area contributed by atoms with E-state index in [2.05, 4.69) is 0 Å². The van der Waals surface area contributed by atoms with Crippen LogP contribution in [0, 0.1) is 0 Å². The van der Waals surface area contributed by atoms with E-state index < -0.39 is 0 Å². The summed E-state index contributed by atoms with van der Waals surface area (Å²) in [5, 5.41) is 3.98. The topological polar surface area (TPSA) is 44.8 Å². The van der Waals surface area contributed by atoms with Crippen LogP contribution in [0.2, 0.25) is 0 Å². The second-order valence-corrected chi connectivity index (χ2v) is 5.27. The summed E-state index contributed by atoms with van der Waals surface area (Å²) < 4.78 is 16.4. The van der Waals surface area contributed by atoms with Gasteiger partial charge >= 0.3 is 0 Å².